The van der Waals surface area contributed by atoms with Crippen LogP contribution in [0.1, 0.15) is 17.4 Å². The number of hydrogen-bond acceptors (Lipinski definition) is 6. The number of nitrogen functional groups attached to an aromatic ring is 1. The van der Waals surface area contributed by atoms with Gasteiger partial charge in [0.25, 0.3) is 5.79 Å². The van der Waals surface area contributed by atoms with E-state index in [4.69, 9.17) is 15.2 Å². The van der Waals surface area contributed by atoms with Crippen LogP contribution in [0.3, 0.4) is 0 Å². The summed E-state index contributed by atoms with van der Waals surface area (Å²) < 4.78 is 10.9. The van der Waals surface area contributed by atoms with Crippen molar-refractivity contribution in [2.45, 2.75) is 19.3 Å². The summed E-state index contributed by atoms with van der Waals surface area (Å²) in [5, 5.41) is 10.1. The first-order valence-electron chi connectivity index (χ1n) is 5.40. The third kappa shape index (κ3) is 1.92. The van der Waals surface area contributed by atoms with Crippen LogP contribution in [0, 0.1) is 0 Å². The maximum Gasteiger partial charge on any atom is 0.274 e. The number of rotatable bonds is 3. The third-order valence-electron chi connectivity index (χ3n) is 2.67. The Morgan fingerprint density at radius 2 is 2.22 bits per heavy atom. The van der Waals surface area contributed by atoms with Gasteiger partial charge in [-0.15, -0.1) is 16.4 Å². The lowest BCUT2D eigenvalue weighted by Crippen LogP contribution is -2.21. The van der Waals surface area contributed by atoms with Crippen LogP contribution in [-0.4, -0.2) is 15.0 Å². The second-order valence-electron chi connectivity index (χ2n) is 4.06. The molecule has 2 N–H and O–H groups in total. The van der Waals surface area contributed by atoms with Gasteiger partial charge in [0.05, 0.1) is 12.7 Å². The van der Waals surface area contributed by atoms with E-state index in [2.05, 4.69) is 10.2 Å². The van der Waals surface area contributed by atoms with Crippen LogP contribution in [0.2, 0.25) is 0 Å². The van der Waals surface area contributed by atoms with Crippen LogP contribution in [0.25, 0.3) is 0 Å². The van der Waals surface area contributed by atoms with Gasteiger partial charge in [-0.25, -0.2) is 0 Å². The summed E-state index contributed by atoms with van der Waals surface area (Å²) >= 11 is 1.61. The highest BCUT2D eigenvalue weighted by molar-refractivity contribution is 7.10. The van der Waals surface area contributed by atoms with E-state index in [1.807, 2.05) is 18.4 Å². The lowest BCUT2D eigenvalue weighted by atomic mass is 10.1. The molecule has 0 amide bonds. The monoisotopic (exact) mass is 264 g/mol. The van der Waals surface area contributed by atoms with Gasteiger partial charge in [-0.05, 0) is 6.07 Å². The molecule has 3 heterocycles. The molecule has 0 radical (unpaired) electrons. The number of hydrogen-bond donors (Lipinski definition) is 1. The zero-order chi connectivity index (χ0) is 12.6. The molecule has 0 atom stereocenters. The quantitative estimate of drug-likeness (QED) is 0.912. The molecule has 0 saturated heterocycles. The molecule has 6 nitrogen and oxygen atoms in total. The van der Waals surface area contributed by atoms with Crippen molar-refractivity contribution >= 4 is 17.2 Å². The van der Waals surface area contributed by atoms with Gasteiger partial charge in [-0.2, -0.15) is 9.90 Å². The van der Waals surface area contributed by atoms with E-state index in [1.54, 1.807) is 28.7 Å². The van der Waals surface area contributed by atoms with Gasteiger partial charge >= 0.3 is 0 Å². The van der Waals surface area contributed by atoms with Crippen molar-refractivity contribution in [1.82, 2.24) is 15.0 Å². The summed E-state index contributed by atoms with van der Waals surface area (Å²) in [6, 6.07) is 2.03. The second-order valence-corrected chi connectivity index (χ2v) is 5.05. The standard InChI is InChI=1S/C11H12N4O2S/c1-11(16-2-3-17-11)8-4-9(18-7-8)6-15-13-5-10(12)14-15/h2-5,7H,6H2,1H3,(H2,12,14). The molecule has 0 aliphatic carbocycles. The molecule has 0 spiro atoms. The van der Waals surface area contributed by atoms with Crippen LogP contribution < -0.4 is 5.73 Å². The Hall–Kier alpha value is -2.02. The van der Waals surface area contributed by atoms with E-state index >= 15 is 0 Å². The third-order valence-corrected chi connectivity index (χ3v) is 3.59. The van der Waals surface area contributed by atoms with Gasteiger partial charge in [0.1, 0.15) is 12.5 Å². The van der Waals surface area contributed by atoms with Crippen molar-refractivity contribution in [3.63, 3.8) is 0 Å². The molecule has 0 bridgehead atoms. The molecule has 1 aliphatic heterocycles. The average Bonchev–Trinajstić information content (AvgIpc) is 3.02. The minimum absolute atomic E-state index is 0.422. The maximum atomic E-state index is 5.52. The van der Waals surface area contributed by atoms with E-state index in [1.165, 1.54) is 6.20 Å². The Balaban J connectivity index is 1.77. The topological polar surface area (TPSA) is 75.2 Å². The largest absolute Gasteiger partial charge is 0.453 e. The molecule has 0 saturated carbocycles. The zero-order valence-electron chi connectivity index (χ0n) is 9.74. The van der Waals surface area contributed by atoms with Crippen molar-refractivity contribution in [2.24, 2.45) is 0 Å². The SMILES string of the molecule is CC1(c2csc(Cn3ncc(N)n3)c2)OC=CO1. The fourth-order valence-corrected chi connectivity index (χ4v) is 2.65. The van der Waals surface area contributed by atoms with Gasteiger partial charge in [-0.3, -0.25) is 0 Å². The first-order chi connectivity index (χ1) is 8.66. The van der Waals surface area contributed by atoms with E-state index < -0.39 is 5.79 Å². The molecule has 7 heteroatoms. The van der Waals surface area contributed by atoms with Gasteiger partial charge in [0.2, 0.25) is 0 Å². The molecule has 2 aromatic rings. The van der Waals surface area contributed by atoms with E-state index in [9.17, 15) is 0 Å². The molecule has 18 heavy (non-hydrogen) atoms. The first kappa shape index (κ1) is 11.1. The molecule has 0 aromatic carbocycles. The Labute approximate surface area is 108 Å². The molecular formula is C11H12N4O2S. The van der Waals surface area contributed by atoms with Crippen LogP contribution in [0.5, 0.6) is 0 Å². The highest BCUT2D eigenvalue weighted by Crippen LogP contribution is 2.34. The van der Waals surface area contributed by atoms with Gasteiger partial charge in [0.15, 0.2) is 5.82 Å². The van der Waals surface area contributed by atoms with Crippen molar-refractivity contribution in [2.75, 3.05) is 5.73 Å². The van der Waals surface area contributed by atoms with Crippen molar-refractivity contribution < 1.29 is 9.47 Å². The van der Waals surface area contributed by atoms with E-state index in [-0.39, 0.29) is 0 Å². The molecule has 0 fully saturated rings. The molecular weight excluding hydrogens is 252 g/mol. The normalized spacial score (nSPS) is 16.5. The lowest BCUT2D eigenvalue weighted by molar-refractivity contribution is -0.132. The molecule has 0 unspecified atom stereocenters. The van der Waals surface area contributed by atoms with Crippen LogP contribution in [0.15, 0.2) is 30.2 Å². The zero-order valence-corrected chi connectivity index (χ0v) is 10.6. The number of anilines is 1. The summed E-state index contributed by atoms with van der Waals surface area (Å²) in [5.74, 6) is -0.295. The minimum Gasteiger partial charge on any atom is -0.453 e. The molecule has 3 rings (SSSR count). The number of nitrogens with zero attached hydrogens (tertiary/aromatic N) is 3. The Morgan fingerprint density at radius 3 is 2.89 bits per heavy atom. The first-order valence-corrected chi connectivity index (χ1v) is 6.28. The molecule has 94 valence electrons. The van der Waals surface area contributed by atoms with Gasteiger partial charge in [-0.1, -0.05) is 0 Å². The number of ether oxygens (including phenoxy) is 2. The predicted molar refractivity (Wildman–Crippen MR) is 66.5 cm³/mol. The molecule has 1 aliphatic rings. The minimum atomic E-state index is -0.717. The van der Waals surface area contributed by atoms with Crippen molar-refractivity contribution in [3.8, 4) is 0 Å². The smallest absolute Gasteiger partial charge is 0.274 e. The molecule has 2 aromatic heterocycles. The summed E-state index contributed by atoms with van der Waals surface area (Å²) in [4.78, 5) is 2.67. The highest BCUT2D eigenvalue weighted by Gasteiger charge is 2.32. The summed E-state index contributed by atoms with van der Waals surface area (Å²) in [7, 11) is 0. The fourth-order valence-electron chi connectivity index (χ4n) is 1.71. The van der Waals surface area contributed by atoms with Crippen molar-refractivity contribution in [1.29, 1.82) is 0 Å². The Kier molecular flexibility index (Phi) is 2.48. The fraction of sp³-hybridized carbons (Fsp3) is 0.273. The van der Waals surface area contributed by atoms with Crippen LogP contribution in [0.4, 0.5) is 5.82 Å². The maximum absolute atomic E-state index is 5.52. The Bertz CT molecular complexity index is 581. The van der Waals surface area contributed by atoms with Crippen molar-refractivity contribution in [3.05, 3.63) is 40.6 Å². The lowest BCUT2D eigenvalue weighted by Gasteiger charge is -2.21. The van der Waals surface area contributed by atoms with E-state index in [0.29, 0.717) is 12.4 Å². The second kappa shape index (κ2) is 4.02. The predicted octanol–water partition coefficient (Wildman–Crippen LogP) is 1.66. The number of aromatic nitrogens is 3. The summed E-state index contributed by atoms with van der Waals surface area (Å²) in [5.41, 5.74) is 6.50. The number of thiophene rings is 1. The highest BCUT2D eigenvalue weighted by atomic mass is 32.1. The summed E-state index contributed by atoms with van der Waals surface area (Å²) in [6.07, 6.45) is 4.63. The Morgan fingerprint density at radius 1 is 1.44 bits per heavy atom. The summed E-state index contributed by atoms with van der Waals surface area (Å²) in [6.45, 7) is 2.47. The van der Waals surface area contributed by atoms with Gasteiger partial charge in [0, 0.05) is 22.7 Å². The number of nitrogens with two attached hydrogens (primary N) is 1. The van der Waals surface area contributed by atoms with Crippen LogP contribution >= 0.6 is 11.3 Å². The van der Waals surface area contributed by atoms with Crippen LogP contribution in [-0.2, 0) is 21.8 Å². The average molecular weight is 264 g/mol. The van der Waals surface area contributed by atoms with Gasteiger partial charge < -0.3 is 15.2 Å². The van der Waals surface area contributed by atoms with E-state index in [0.717, 1.165) is 10.4 Å².